The minimum atomic E-state index is 0.0337. The lowest BCUT2D eigenvalue weighted by molar-refractivity contribution is 0.0702. The van der Waals surface area contributed by atoms with E-state index >= 15 is 0 Å². The maximum atomic E-state index is 12.6. The number of carbonyl (C=O) groups excluding carboxylic acids is 1. The molecule has 0 saturated carbocycles. The maximum absolute atomic E-state index is 12.6. The summed E-state index contributed by atoms with van der Waals surface area (Å²) in [6.07, 6.45) is 0. The molecule has 1 heterocycles. The number of nitrogens with one attached hydrogen (secondary N) is 1. The number of amides is 1. The van der Waals surface area contributed by atoms with Gasteiger partial charge >= 0.3 is 0 Å². The molecule has 1 atom stereocenters. The monoisotopic (exact) mass is 278 g/mol. The molecule has 1 amide bonds. The van der Waals surface area contributed by atoms with Gasteiger partial charge < -0.3 is 19.7 Å². The number of para-hydroxylation sites is 1. The van der Waals surface area contributed by atoms with E-state index in [1.54, 1.807) is 7.11 Å². The molecular weight excluding hydrogens is 256 g/mol. The first kappa shape index (κ1) is 14.8. The van der Waals surface area contributed by atoms with Crippen molar-refractivity contribution in [2.24, 2.45) is 0 Å². The van der Waals surface area contributed by atoms with Crippen molar-refractivity contribution in [3.63, 3.8) is 0 Å². The van der Waals surface area contributed by atoms with E-state index in [1.807, 2.05) is 29.2 Å². The van der Waals surface area contributed by atoms with Gasteiger partial charge in [-0.05, 0) is 19.1 Å². The molecule has 5 heteroatoms. The Labute approximate surface area is 119 Å². The van der Waals surface area contributed by atoms with Gasteiger partial charge in [0.05, 0.1) is 12.2 Å². The van der Waals surface area contributed by atoms with Gasteiger partial charge in [-0.25, -0.2) is 0 Å². The lowest BCUT2D eigenvalue weighted by Crippen LogP contribution is -2.51. The van der Waals surface area contributed by atoms with Crippen molar-refractivity contribution >= 4 is 5.91 Å². The Morgan fingerprint density at radius 1 is 1.40 bits per heavy atom. The minimum Gasteiger partial charge on any atom is -0.490 e. The highest BCUT2D eigenvalue weighted by atomic mass is 16.5. The summed E-state index contributed by atoms with van der Waals surface area (Å²) in [5, 5.41) is 3.33. The Morgan fingerprint density at radius 2 is 2.20 bits per heavy atom. The molecule has 1 aliphatic heterocycles. The van der Waals surface area contributed by atoms with Gasteiger partial charge in [-0.15, -0.1) is 0 Å². The smallest absolute Gasteiger partial charge is 0.257 e. The van der Waals surface area contributed by atoms with Crippen molar-refractivity contribution in [2.75, 3.05) is 40.0 Å². The van der Waals surface area contributed by atoms with Gasteiger partial charge in [0.25, 0.3) is 5.91 Å². The zero-order chi connectivity index (χ0) is 14.4. The Morgan fingerprint density at radius 3 is 2.95 bits per heavy atom. The molecule has 2 rings (SSSR count). The van der Waals surface area contributed by atoms with E-state index in [-0.39, 0.29) is 5.91 Å². The second-order valence-corrected chi connectivity index (χ2v) is 4.94. The Kier molecular flexibility index (Phi) is 5.38. The van der Waals surface area contributed by atoms with E-state index in [9.17, 15) is 4.79 Å². The summed E-state index contributed by atoms with van der Waals surface area (Å²) in [6.45, 7) is 5.33. The van der Waals surface area contributed by atoms with Crippen LogP contribution in [0, 0.1) is 0 Å². The molecule has 0 aromatic heterocycles. The first-order chi connectivity index (χ1) is 9.72. The molecule has 5 nitrogen and oxygen atoms in total. The van der Waals surface area contributed by atoms with E-state index in [2.05, 4.69) is 12.2 Å². The molecule has 0 spiro atoms. The quantitative estimate of drug-likeness (QED) is 0.821. The number of piperazine rings is 1. The normalized spacial score (nSPS) is 18.9. The topological polar surface area (TPSA) is 50.8 Å². The van der Waals surface area contributed by atoms with Crippen LogP contribution in [0.4, 0.5) is 0 Å². The van der Waals surface area contributed by atoms with Crippen LogP contribution >= 0.6 is 0 Å². The summed E-state index contributed by atoms with van der Waals surface area (Å²) in [5.74, 6) is 0.659. The summed E-state index contributed by atoms with van der Waals surface area (Å²) in [6, 6.07) is 7.71. The largest absolute Gasteiger partial charge is 0.490 e. The fourth-order valence-corrected chi connectivity index (χ4v) is 2.29. The van der Waals surface area contributed by atoms with Crippen LogP contribution in [0.3, 0.4) is 0 Å². The highest BCUT2D eigenvalue weighted by Gasteiger charge is 2.23. The highest BCUT2D eigenvalue weighted by molar-refractivity contribution is 5.97. The summed E-state index contributed by atoms with van der Waals surface area (Å²) < 4.78 is 10.6. The van der Waals surface area contributed by atoms with E-state index in [0.717, 1.165) is 19.6 Å². The van der Waals surface area contributed by atoms with E-state index in [4.69, 9.17) is 9.47 Å². The van der Waals surface area contributed by atoms with Gasteiger partial charge in [-0.3, -0.25) is 4.79 Å². The number of methoxy groups -OCH3 is 1. The zero-order valence-electron chi connectivity index (χ0n) is 12.1. The van der Waals surface area contributed by atoms with E-state index in [0.29, 0.717) is 30.6 Å². The summed E-state index contributed by atoms with van der Waals surface area (Å²) in [5.41, 5.74) is 0.623. The maximum Gasteiger partial charge on any atom is 0.257 e. The number of hydrogen-bond acceptors (Lipinski definition) is 4. The molecule has 0 unspecified atom stereocenters. The predicted molar refractivity (Wildman–Crippen MR) is 77.2 cm³/mol. The standard InChI is InChI=1S/C15H22N2O3/c1-12-11-17(8-7-16-12)15(18)13-5-3-4-6-14(13)20-10-9-19-2/h3-6,12,16H,7-11H2,1-2H3/t12-/m1/s1. The third-order valence-electron chi connectivity index (χ3n) is 3.32. The Bertz CT molecular complexity index is 450. The van der Waals surface area contributed by atoms with Crippen LogP contribution < -0.4 is 10.1 Å². The second kappa shape index (κ2) is 7.26. The number of benzene rings is 1. The fourth-order valence-electron chi connectivity index (χ4n) is 2.29. The summed E-state index contributed by atoms with van der Waals surface area (Å²) in [4.78, 5) is 14.5. The molecule has 20 heavy (non-hydrogen) atoms. The molecule has 1 aromatic rings. The van der Waals surface area contributed by atoms with Crippen LogP contribution in [0.15, 0.2) is 24.3 Å². The third-order valence-corrected chi connectivity index (χ3v) is 3.32. The number of carbonyl (C=O) groups is 1. The molecule has 0 bridgehead atoms. The molecule has 1 aliphatic rings. The van der Waals surface area contributed by atoms with Crippen LogP contribution in [0.25, 0.3) is 0 Å². The second-order valence-electron chi connectivity index (χ2n) is 4.94. The third kappa shape index (κ3) is 3.71. The van der Waals surface area contributed by atoms with Crippen LogP contribution in [-0.4, -0.2) is 56.8 Å². The van der Waals surface area contributed by atoms with Crippen molar-refractivity contribution in [1.29, 1.82) is 0 Å². The van der Waals surface area contributed by atoms with Gasteiger partial charge in [0.15, 0.2) is 0 Å². The summed E-state index contributed by atoms with van der Waals surface area (Å²) in [7, 11) is 1.63. The molecule has 0 aliphatic carbocycles. The van der Waals surface area contributed by atoms with Crippen LogP contribution in [0.2, 0.25) is 0 Å². The molecule has 1 N–H and O–H groups in total. The van der Waals surface area contributed by atoms with Gasteiger partial charge in [0, 0.05) is 32.8 Å². The highest BCUT2D eigenvalue weighted by Crippen LogP contribution is 2.20. The lowest BCUT2D eigenvalue weighted by atomic mass is 10.1. The van der Waals surface area contributed by atoms with Crippen molar-refractivity contribution in [3.05, 3.63) is 29.8 Å². The van der Waals surface area contributed by atoms with Crippen molar-refractivity contribution in [3.8, 4) is 5.75 Å². The van der Waals surface area contributed by atoms with Crippen LogP contribution in [-0.2, 0) is 4.74 Å². The van der Waals surface area contributed by atoms with Gasteiger partial charge in [-0.2, -0.15) is 0 Å². The van der Waals surface area contributed by atoms with Crippen molar-refractivity contribution in [1.82, 2.24) is 10.2 Å². The first-order valence-electron chi connectivity index (χ1n) is 6.96. The average Bonchev–Trinajstić information content (AvgIpc) is 2.47. The van der Waals surface area contributed by atoms with Crippen molar-refractivity contribution in [2.45, 2.75) is 13.0 Å². The number of ether oxygens (including phenoxy) is 2. The fraction of sp³-hybridized carbons (Fsp3) is 0.533. The SMILES string of the molecule is COCCOc1ccccc1C(=O)N1CCN[C@H](C)C1. The van der Waals surface area contributed by atoms with Gasteiger partial charge in [0.1, 0.15) is 12.4 Å². The van der Waals surface area contributed by atoms with Crippen LogP contribution in [0.5, 0.6) is 5.75 Å². The lowest BCUT2D eigenvalue weighted by Gasteiger charge is -2.32. The molecule has 1 fully saturated rings. The van der Waals surface area contributed by atoms with Crippen molar-refractivity contribution < 1.29 is 14.3 Å². The molecule has 110 valence electrons. The first-order valence-corrected chi connectivity index (χ1v) is 6.96. The Hall–Kier alpha value is -1.59. The molecule has 1 aromatic carbocycles. The zero-order valence-corrected chi connectivity index (χ0v) is 12.1. The number of nitrogens with zero attached hydrogens (tertiary/aromatic N) is 1. The molecule has 1 saturated heterocycles. The summed E-state index contributed by atoms with van der Waals surface area (Å²) >= 11 is 0. The predicted octanol–water partition coefficient (Wildman–Crippen LogP) is 1.15. The van der Waals surface area contributed by atoms with Gasteiger partial charge in [0.2, 0.25) is 0 Å². The Balaban J connectivity index is 2.08. The number of rotatable bonds is 5. The number of hydrogen-bond donors (Lipinski definition) is 1. The van der Waals surface area contributed by atoms with Gasteiger partial charge in [-0.1, -0.05) is 12.1 Å². The van der Waals surface area contributed by atoms with E-state index in [1.165, 1.54) is 0 Å². The molecular formula is C15H22N2O3. The van der Waals surface area contributed by atoms with E-state index < -0.39 is 0 Å². The average molecular weight is 278 g/mol. The molecule has 0 radical (unpaired) electrons. The van der Waals surface area contributed by atoms with Crippen LogP contribution in [0.1, 0.15) is 17.3 Å². The minimum absolute atomic E-state index is 0.0337.